The summed E-state index contributed by atoms with van der Waals surface area (Å²) in [7, 11) is -3.29. The number of nitrogens with one attached hydrogen (secondary N) is 1. The first kappa shape index (κ1) is 20.4. The van der Waals surface area contributed by atoms with Gasteiger partial charge in [0.05, 0.1) is 18.0 Å². The Bertz CT molecular complexity index is 930. The van der Waals surface area contributed by atoms with Crippen LogP contribution < -0.4 is 9.62 Å². The fourth-order valence-corrected chi connectivity index (χ4v) is 4.95. The van der Waals surface area contributed by atoms with E-state index in [9.17, 15) is 18.3 Å². The maximum atomic E-state index is 12.6. The van der Waals surface area contributed by atoms with Gasteiger partial charge < -0.3 is 10.4 Å². The van der Waals surface area contributed by atoms with Crippen molar-refractivity contribution in [3.8, 4) is 0 Å². The van der Waals surface area contributed by atoms with Gasteiger partial charge in [0.2, 0.25) is 10.0 Å². The van der Waals surface area contributed by atoms with Gasteiger partial charge in [-0.3, -0.25) is 9.10 Å². The van der Waals surface area contributed by atoms with Crippen LogP contribution >= 0.6 is 0 Å². The zero-order valence-corrected chi connectivity index (χ0v) is 16.8. The van der Waals surface area contributed by atoms with Gasteiger partial charge in [0, 0.05) is 24.1 Å². The molecule has 0 aliphatic carbocycles. The van der Waals surface area contributed by atoms with Crippen molar-refractivity contribution in [3.63, 3.8) is 0 Å². The van der Waals surface area contributed by atoms with E-state index in [2.05, 4.69) is 5.32 Å². The smallest absolute Gasteiger partial charge is 0.251 e. The van der Waals surface area contributed by atoms with Gasteiger partial charge in [-0.15, -0.1) is 0 Å². The quantitative estimate of drug-likeness (QED) is 0.743. The number of sulfonamides is 1. The van der Waals surface area contributed by atoms with Crippen molar-refractivity contribution in [2.75, 3.05) is 29.8 Å². The lowest BCUT2D eigenvalue weighted by atomic mass is 9.84. The Kier molecular flexibility index (Phi) is 6.05. The molecule has 150 valence electrons. The molecule has 1 fully saturated rings. The first-order valence-corrected chi connectivity index (χ1v) is 11.0. The van der Waals surface area contributed by atoms with Crippen LogP contribution in [0.4, 0.5) is 5.69 Å². The number of carbonyl (C=O) groups excluding carboxylic acids is 1. The molecule has 2 N–H and O–H groups in total. The average Bonchev–Trinajstić information content (AvgIpc) is 3.06. The number of aliphatic hydroxyl groups is 1. The maximum Gasteiger partial charge on any atom is 0.251 e. The summed E-state index contributed by atoms with van der Waals surface area (Å²) in [6.45, 7) is 2.61. The van der Waals surface area contributed by atoms with Crippen LogP contribution in [0.2, 0.25) is 0 Å². The summed E-state index contributed by atoms with van der Waals surface area (Å²) in [5.74, 6) is -0.149. The first-order valence-electron chi connectivity index (χ1n) is 9.36. The SMILES string of the molecule is C[C@@](CO)(CNC(=O)c1cccc(N2CCCS2(=O)=O)c1)Cc1ccccc1. The molecule has 1 aliphatic rings. The summed E-state index contributed by atoms with van der Waals surface area (Å²) in [6.07, 6.45) is 1.23. The van der Waals surface area contributed by atoms with Gasteiger partial charge in [-0.05, 0) is 36.6 Å². The van der Waals surface area contributed by atoms with E-state index in [1.165, 1.54) is 4.31 Å². The number of benzene rings is 2. The second-order valence-corrected chi connectivity index (χ2v) is 9.62. The Labute approximate surface area is 166 Å². The van der Waals surface area contributed by atoms with Crippen molar-refractivity contribution < 1.29 is 18.3 Å². The third-order valence-corrected chi connectivity index (χ3v) is 6.90. The highest BCUT2D eigenvalue weighted by Gasteiger charge is 2.29. The van der Waals surface area contributed by atoms with Crippen molar-refractivity contribution in [2.45, 2.75) is 19.8 Å². The van der Waals surface area contributed by atoms with Gasteiger partial charge in [0.1, 0.15) is 0 Å². The molecule has 1 amide bonds. The van der Waals surface area contributed by atoms with E-state index in [-0.39, 0.29) is 18.3 Å². The Morgan fingerprint density at radius 3 is 2.57 bits per heavy atom. The van der Waals surface area contributed by atoms with Gasteiger partial charge in [-0.1, -0.05) is 43.3 Å². The van der Waals surface area contributed by atoms with Crippen molar-refractivity contribution in [2.24, 2.45) is 5.41 Å². The Balaban J connectivity index is 1.68. The van der Waals surface area contributed by atoms with E-state index < -0.39 is 15.4 Å². The predicted molar refractivity (Wildman–Crippen MR) is 110 cm³/mol. The molecule has 2 aromatic rings. The zero-order valence-electron chi connectivity index (χ0n) is 16.0. The molecular formula is C21H26N2O4S. The monoisotopic (exact) mass is 402 g/mol. The second-order valence-electron chi connectivity index (χ2n) is 7.61. The van der Waals surface area contributed by atoms with Crippen LogP contribution in [0.15, 0.2) is 54.6 Å². The highest BCUT2D eigenvalue weighted by atomic mass is 32.2. The first-order chi connectivity index (χ1) is 13.3. The van der Waals surface area contributed by atoms with Crippen LogP contribution in [0.3, 0.4) is 0 Å². The topological polar surface area (TPSA) is 86.7 Å². The van der Waals surface area contributed by atoms with Crippen LogP contribution in [-0.2, 0) is 16.4 Å². The Morgan fingerprint density at radius 2 is 1.93 bits per heavy atom. The highest BCUT2D eigenvalue weighted by molar-refractivity contribution is 7.93. The number of hydrogen-bond acceptors (Lipinski definition) is 4. The van der Waals surface area contributed by atoms with Gasteiger partial charge >= 0.3 is 0 Å². The maximum absolute atomic E-state index is 12.6. The van der Waals surface area contributed by atoms with Gasteiger partial charge in [-0.25, -0.2) is 8.42 Å². The molecule has 0 saturated carbocycles. The predicted octanol–water partition coefficient (Wildman–Crippen LogP) is 2.20. The van der Waals surface area contributed by atoms with Crippen LogP contribution in [-0.4, -0.2) is 44.9 Å². The summed E-state index contributed by atoms with van der Waals surface area (Å²) >= 11 is 0. The minimum absolute atomic E-state index is 0.0613. The fraction of sp³-hybridized carbons (Fsp3) is 0.381. The van der Waals surface area contributed by atoms with E-state index in [0.29, 0.717) is 37.2 Å². The lowest BCUT2D eigenvalue weighted by Gasteiger charge is -2.28. The number of amides is 1. The summed E-state index contributed by atoms with van der Waals surface area (Å²) in [5.41, 5.74) is 1.51. The van der Waals surface area contributed by atoms with Crippen molar-refractivity contribution in [3.05, 3.63) is 65.7 Å². The lowest BCUT2D eigenvalue weighted by molar-refractivity contribution is 0.0895. The van der Waals surface area contributed by atoms with Crippen LogP contribution in [0.1, 0.15) is 29.3 Å². The molecule has 1 heterocycles. The van der Waals surface area contributed by atoms with E-state index in [0.717, 1.165) is 5.56 Å². The molecule has 6 nitrogen and oxygen atoms in total. The highest BCUT2D eigenvalue weighted by Crippen LogP contribution is 2.25. The number of aliphatic hydroxyl groups excluding tert-OH is 1. The third kappa shape index (κ3) is 4.72. The fourth-order valence-electron chi connectivity index (χ4n) is 3.39. The van der Waals surface area contributed by atoms with Crippen LogP contribution in [0.5, 0.6) is 0 Å². The van der Waals surface area contributed by atoms with Gasteiger partial charge in [0.25, 0.3) is 5.91 Å². The number of anilines is 1. The molecule has 0 radical (unpaired) electrons. The lowest BCUT2D eigenvalue weighted by Crippen LogP contribution is -2.39. The van der Waals surface area contributed by atoms with Gasteiger partial charge in [-0.2, -0.15) is 0 Å². The van der Waals surface area contributed by atoms with E-state index in [4.69, 9.17) is 0 Å². The number of nitrogens with zero attached hydrogens (tertiary/aromatic N) is 1. The average molecular weight is 403 g/mol. The summed E-state index contributed by atoms with van der Waals surface area (Å²) in [4.78, 5) is 12.6. The van der Waals surface area contributed by atoms with Crippen molar-refractivity contribution in [1.29, 1.82) is 0 Å². The van der Waals surface area contributed by atoms with Crippen molar-refractivity contribution in [1.82, 2.24) is 5.32 Å². The molecular weight excluding hydrogens is 376 g/mol. The molecule has 1 saturated heterocycles. The molecule has 0 unspecified atom stereocenters. The number of hydrogen-bond donors (Lipinski definition) is 2. The third-order valence-electron chi connectivity index (χ3n) is 5.03. The summed E-state index contributed by atoms with van der Waals surface area (Å²) in [5, 5.41) is 12.7. The molecule has 0 spiro atoms. The Morgan fingerprint density at radius 1 is 1.18 bits per heavy atom. The molecule has 2 aromatic carbocycles. The zero-order chi connectivity index (χ0) is 20.2. The summed E-state index contributed by atoms with van der Waals surface area (Å²) < 4.78 is 25.6. The van der Waals surface area contributed by atoms with Crippen LogP contribution in [0.25, 0.3) is 0 Å². The largest absolute Gasteiger partial charge is 0.396 e. The van der Waals surface area contributed by atoms with E-state index in [1.54, 1.807) is 24.3 Å². The molecule has 28 heavy (non-hydrogen) atoms. The molecule has 0 aromatic heterocycles. The molecule has 3 rings (SSSR count). The number of rotatable bonds is 7. The standard InChI is InChI=1S/C21H26N2O4S/c1-21(16-24,14-17-7-3-2-4-8-17)15-22-20(25)18-9-5-10-19(13-18)23-11-6-12-28(23,26)27/h2-5,7-10,13,24H,6,11-12,14-16H2,1H3,(H,22,25)/t21-/m0/s1. The molecule has 0 bridgehead atoms. The van der Waals surface area contributed by atoms with Gasteiger partial charge in [0.15, 0.2) is 0 Å². The Hall–Kier alpha value is -2.38. The van der Waals surface area contributed by atoms with E-state index >= 15 is 0 Å². The second kappa shape index (κ2) is 8.32. The normalized spacial score (nSPS) is 17.9. The van der Waals surface area contributed by atoms with Crippen LogP contribution in [0, 0.1) is 5.41 Å². The van der Waals surface area contributed by atoms with Crippen molar-refractivity contribution >= 4 is 21.6 Å². The molecule has 1 aliphatic heterocycles. The minimum atomic E-state index is -3.29. The molecule has 1 atom stereocenters. The molecule has 7 heteroatoms. The summed E-state index contributed by atoms with van der Waals surface area (Å²) in [6, 6.07) is 16.5. The van der Waals surface area contributed by atoms with E-state index in [1.807, 2.05) is 37.3 Å². The number of carbonyl (C=O) groups is 1. The minimum Gasteiger partial charge on any atom is -0.396 e.